The van der Waals surface area contributed by atoms with Crippen LogP contribution in [0.1, 0.15) is 64.2 Å². The van der Waals surface area contributed by atoms with Gasteiger partial charge in [-0.15, -0.1) is 12.4 Å². The quantitative estimate of drug-likeness (QED) is 0.825. The maximum absolute atomic E-state index is 12.5. The zero-order chi connectivity index (χ0) is 15.3. The number of amides is 1. The van der Waals surface area contributed by atoms with Gasteiger partial charge in [0.25, 0.3) is 0 Å². The first-order valence-electron chi connectivity index (χ1n) is 9.54. The van der Waals surface area contributed by atoms with Gasteiger partial charge in [0, 0.05) is 18.6 Å². The Hall–Kier alpha value is -0.320. The van der Waals surface area contributed by atoms with Gasteiger partial charge in [0.05, 0.1) is 5.92 Å². The summed E-state index contributed by atoms with van der Waals surface area (Å²) >= 11 is 0. The van der Waals surface area contributed by atoms with Crippen molar-refractivity contribution in [1.29, 1.82) is 0 Å². The van der Waals surface area contributed by atoms with Gasteiger partial charge in [-0.2, -0.15) is 0 Å². The Kier molecular flexibility index (Phi) is 7.64. The van der Waals surface area contributed by atoms with Gasteiger partial charge in [-0.05, 0) is 58.2 Å². The number of carbonyl (C=O) groups excluding carboxylic acids is 1. The summed E-state index contributed by atoms with van der Waals surface area (Å²) in [5, 5.41) is 6.69. The molecule has 5 heteroatoms. The number of nitrogens with zero attached hydrogens (tertiary/aromatic N) is 1. The number of hydrogen-bond donors (Lipinski definition) is 2. The van der Waals surface area contributed by atoms with E-state index in [1.807, 2.05) is 0 Å². The van der Waals surface area contributed by atoms with Crippen LogP contribution in [0.4, 0.5) is 0 Å². The molecule has 1 atom stereocenters. The molecule has 0 spiro atoms. The Morgan fingerprint density at radius 3 is 2.39 bits per heavy atom. The zero-order valence-corrected chi connectivity index (χ0v) is 15.3. The van der Waals surface area contributed by atoms with Crippen LogP contribution in [0.2, 0.25) is 0 Å². The lowest BCUT2D eigenvalue weighted by Crippen LogP contribution is -2.58. The molecule has 2 N–H and O–H groups in total. The third kappa shape index (κ3) is 4.83. The van der Waals surface area contributed by atoms with E-state index >= 15 is 0 Å². The van der Waals surface area contributed by atoms with Crippen LogP contribution >= 0.6 is 12.4 Å². The zero-order valence-electron chi connectivity index (χ0n) is 14.4. The summed E-state index contributed by atoms with van der Waals surface area (Å²) in [5.41, 5.74) is 0.260. The number of piperidine rings is 2. The second kappa shape index (κ2) is 9.24. The van der Waals surface area contributed by atoms with E-state index in [-0.39, 0.29) is 29.8 Å². The van der Waals surface area contributed by atoms with Crippen LogP contribution in [-0.4, -0.2) is 49.1 Å². The van der Waals surface area contributed by atoms with Gasteiger partial charge < -0.3 is 10.6 Å². The second-order valence-electron chi connectivity index (χ2n) is 7.59. The normalized spacial score (nSPS) is 28.6. The average Bonchev–Trinajstić information content (AvgIpc) is 2.62. The fraction of sp³-hybridized carbons (Fsp3) is 0.944. The topological polar surface area (TPSA) is 44.4 Å². The molecule has 23 heavy (non-hydrogen) atoms. The highest BCUT2D eigenvalue weighted by Gasteiger charge is 2.39. The number of hydrogen-bond acceptors (Lipinski definition) is 3. The Morgan fingerprint density at radius 1 is 1.04 bits per heavy atom. The molecule has 2 saturated heterocycles. The molecule has 0 radical (unpaired) electrons. The minimum absolute atomic E-state index is 0. The van der Waals surface area contributed by atoms with Crippen molar-refractivity contribution >= 4 is 18.3 Å². The summed E-state index contributed by atoms with van der Waals surface area (Å²) in [4.78, 5) is 15.2. The Morgan fingerprint density at radius 2 is 1.74 bits per heavy atom. The molecule has 134 valence electrons. The highest BCUT2D eigenvalue weighted by atomic mass is 35.5. The molecule has 2 heterocycles. The van der Waals surface area contributed by atoms with Crippen molar-refractivity contribution in [3.05, 3.63) is 0 Å². The number of rotatable bonds is 4. The van der Waals surface area contributed by atoms with E-state index in [0.717, 1.165) is 32.5 Å². The lowest BCUT2D eigenvalue weighted by Gasteiger charge is -2.48. The van der Waals surface area contributed by atoms with E-state index in [1.165, 1.54) is 64.5 Å². The lowest BCUT2D eigenvalue weighted by atomic mass is 9.79. The summed E-state index contributed by atoms with van der Waals surface area (Å²) in [5.74, 6) is 0.477. The highest BCUT2D eigenvalue weighted by molar-refractivity contribution is 5.85. The SMILES string of the molecule is Cl.O=C(NCC1(N2CCCCC2)CCCCC1)C1CCCNC1. The molecule has 1 saturated carbocycles. The predicted octanol–water partition coefficient (Wildman–Crippen LogP) is 2.71. The first-order valence-corrected chi connectivity index (χ1v) is 9.54. The maximum atomic E-state index is 12.5. The summed E-state index contributed by atoms with van der Waals surface area (Å²) in [6.07, 6.45) is 12.8. The molecule has 0 bridgehead atoms. The summed E-state index contributed by atoms with van der Waals surface area (Å²) in [6.45, 7) is 5.29. The number of nitrogens with one attached hydrogen (secondary N) is 2. The van der Waals surface area contributed by atoms with E-state index in [0.29, 0.717) is 0 Å². The van der Waals surface area contributed by atoms with Crippen LogP contribution in [0.5, 0.6) is 0 Å². The van der Waals surface area contributed by atoms with Crippen LogP contribution in [0.15, 0.2) is 0 Å². The van der Waals surface area contributed by atoms with Gasteiger partial charge >= 0.3 is 0 Å². The van der Waals surface area contributed by atoms with Crippen molar-refractivity contribution < 1.29 is 4.79 Å². The van der Waals surface area contributed by atoms with Crippen molar-refractivity contribution in [2.45, 2.75) is 69.7 Å². The molecule has 3 aliphatic rings. The largest absolute Gasteiger partial charge is 0.354 e. The minimum atomic E-state index is 0. The van der Waals surface area contributed by atoms with Crippen molar-refractivity contribution in [2.24, 2.45) is 5.92 Å². The number of halogens is 1. The number of carbonyl (C=O) groups is 1. The summed E-state index contributed by atoms with van der Waals surface area (Å²) in [6, 6.07) is 0. The Balaban J connectivity index is 0.00000192. The van der Waals surface area contributed by atoms with Gasteiger partial charge in [0.2, 0.25) is 5.91 Å². The van der Waals surface area contributed by atoms with E-state index in [9.17, 15) is 4.79 Å². The van der Waals surface area contributed by atoms with Gasteiger partial charge in [-0.1, -0.05) is 25.7 Å². The van der Waals surface area contributed by atoms with Crippen LogP contribution in [0.3, 0.4) is 0 Å². The van der Waals surface area contributed by atoms with Gasteiger partial charge in [0.1, 0.15) is 0 Å². The van der Waals surface area contributed by atoms with Crippen LogP contribution in [0, 0.1) is 5.92 Å². The molecular weight excluding hydrogens is 310 g/mol. The van der Waals surface area contributed by atoms with E-state index < -0.39 is 0 Å². The molecule has 0 aromatic rings. The average molecular weight is 344 g/mol. The second-order valence-corrected chi connectivity index (χ2v) is 7.59. The lowest BCUT2D eigenvalue weighted by molar-refractivity contribution is -0.126. The molecule has 4 nitrogen and oxygen atoms in total. The van der Waals surface area contributed by atoms with Crippen LogP contribution in [0.25, 0.3) is 0 Å². The highest BCUT2D eigenvalue weighted by Crippen LogP contribution is 2.35. The van der Waals surface area contributed by atoms with Gasteiger partial charge in [0.15, 0.2) is 0 Å². The van der Waals surface area contributed by atoms with E-state index in [2.05, 4.69) is 15.5 Å². The van der Waals surface area contributed by atoms with Gasteiger partial charge in [-0.3, -0.25) is 9.69 Å². The Bertz CT molecular complexity index is 359. The molecule has 1 unspecified atom stereocenters. The molecular formula is C18H34ClN3O. The molecule has 2 aliphatic heterocycles. The standard InChI is InChI=1S/C18H33N3O.ClH/c22-17(16-8-7-11-19-14-16)20-15-18(9-3-1-4-10-18)21-12-5-2-6-13-21;/h16,19H,1-15H2,(H,20,22);1H. The first-order chi connectivity index (χ1) is 10.8. The third-order valence-corrected chi connectivity index (χ3v) is 6.07. The molecule has 1 amide bonds. The molecule has 1 aliphatic carbocycles. The predicted molar refractivity (Wildman–Crippen MR) is 97.1 cm³/mol. The third-order valence-electron chi connectivity index (χ3n) is 6.07. The minimum Gasteiger partial charge on any atom is -0.354 e. The summed E-state index contributed by atoms with van der Waals surface area (Å²) in [7, 11) is 0. The summed E-state index contributed by atoms with van der Waals surface area (Å²) < 4.78 is 0. The van der Waals surface area contributed by atoms with E-state index in [1.54, 1.807) is 0 Å². The monoisotopic (exact) mass is 343 g/mol. The van der Waals surface area contributed by atoms with Crippen molar-refractivity contribution in [3.63, 3.8) is 0 Å². The maximum Gasteiger partial charge on any atom is 0.224 e. The number of likely N-dealkylation sites (tertiary alicyclic amines) is 1. The van der Waals surface area contributed by atoms with Crippen LogP contribution in [-0.2, 0) is 4.79 Å². The molecule has 3 fully saturated rings. The Labute approximate surface area is 147 Å². The molecule has 3 rings (SSSR count). The van der Waals surface area contributed by atoms with Gasteiger partial charge in [-0.25, -0.2) is 0 Å². The van der Waals surface area contributed by atoms with Crippen molar-refractivity contribution in [3.8, 4) is 0 Å². The molecule has 0 aromatic carbocycles. The molecule has 0 aromatic heterocycles. The van der Waals surface area contributed by atoms with Crippen LogP contribution < -0.4 is 10.6 Å². The first kappa shape index (κ1) is 19.0. The smallest absolute Gasteiger partial charge is 0.224 e. The van der Waals surface area contributed by atoms with Crippen molar-refractivity contribution in [2.75, 3.05) is 32.7 Å². The fourth-order valence-electron chi connectivity index (χ4n) is 4.65. The van der Waals surface area contributed by atoms with E-state index in [4.69, 9.17) is 0 Å². The van der Waals surface area contributed by atoms with Crippen molar-refractivity contribution in [1.82, 2.24) is 15.5 Å². The fourth-order valence-corrected chi connectivity index (χ4v) is 4.65.